The molecule has 0 fully saturated rings. The monoisotopic (exact) mass is 209 g/mol. The van der Waals surface area contributed by atoms with Gasteiger partial charge in [0, 0.05) is 6.54 Å². The van der Waals surface area contributed by atoms with E-state index in [9.17, 15) is 0 Å². The molecule has 3 nitrogen and oxygen atoms in total. The number of rotatable bonds is 1. The van der Waals surface area contributed by atoms with E-state index in [0.717, 1.165) is 13.0 Å². The van der Waals surface area contributed by atoms with Gasteiger partial charge >= 0.3 is 0 Å². The zero-order valence-electron chi connectivity index (χ0n) is 10.3. The minimum Gasteiger partial charge on any atom is -0.249 e. The van der Waals surface area contributed by atoms with Gasteiger partial charge in [-0.1, -0.05) is 31.9 Å². The van der Waals surface area contributed by atoms with Crippen molar-refractivity contribution in [3.8, 4) is 0 Å². The summed E-state index contributed by atoms with van der Waals surface area (Å²) in [6, 6.07) is 0. The smallest absolute Gasteiger partial charge is 0.0859 e. The van der Waals surface area contributed by atoms with Crippen LogP contribution < -0.4 is 0 Å². The van der Waals surface area contributed by atoms with Crippen LogP contribution >= 0.6 is 0 Å². The molecule has 0 saturated carbocycles. The summed E-state index contributed by atoms with van der Waals surface area (Å²) in [6.07, 6.45) is 7.63. The average molecular weight is 209 g/mol. The molecule has 1 aliphatic carbocycles. The Morgan fingerprint density at radius 3 is 2.40 bits per heavy atom. The molecule has 0 amide bonds. The third-order valence-corrected chi connectivity index (χ3v) is 2.79. The molecule has 0 aromatic carbocycles. The molecule has 1 aromatic rings. The number of fused-ring (bicyclic) bond motifs is 1. The molecule has 15 heavy (non-hydrogen) atoms. The molecule has 86 valence electrons. The first kappa shape index (κ1) is 12.2. The third kappa shape index (κ3) is 3.05. The largest absolute Gasteiger partial charge is 0.249 e. The van der Waals surface area contributed by atoms with Crippen LogP contribution in [0.3, 0.4) is 0 Å². The van der Waals surface area contributed by atoms with Gasteiger partial charge in [0.15, 0.2) is 0 Å². The van der Waals surface area contributed by atoms with Gasteiger partial charge in [-0.3, -0.25) is 0 Å². The molecule has 0 bridgehead atoms. The number of hydrogen-bond donors (Lipinski definition) is 0. The van der Waals surface area contributed by atoms with Crippen LogP contribution in [-0.2, 0) is 19.4 Å². The van der Waals surface area contributed by atoms with Crippen LogP contribution in [0.1, 0.15) is 57.8 Å². The van der Waals surface area contributed by atoms with E-state index in [4.69, 9.17) is 0 Å². The van der Waals surface area contributed by atoms with Gasteiger partial charge in [-0.15, -0.1) is 5.10 Å². The summed E-state index contributed by atoms with van der Waals surface area (Å²) in [5, 5.41) is 8.41. The van der Waals surface area contributed by atoms with Crippen LogP contribution in [0.25, 0.3) is 0 Å². The average Bonchev–Trinajstić information content (AvgIpc) is 2.62. The Balaban J connectivity index is 0.000000531. The van der Waals surface area contributed by atoms with Gasteiger partial charge in [-0.05, 0) is 32.6 Å². The van der Waals surface area contributed by atoms with E-state index in [1.807, 2.05) is 13.8 Å². The van der Waals surface area contributed by atoms with Gasteiger partial charge < -0.3 is 0 Å². The summed E-state index contributed by atoms with van der Waals surface area (Å²) in [5.74, 6) is 0. The van der Waals surface area contributed by atoms with Crippen molar-refractivity contribution in [2.75, 3.05) is 0 Å². The quantitative estimate of drug-likeness (QED) is 0.712. The van der Waals surface area contributed by atoms with E-state index in [0.29, 0.717) is 0 Å². The van der Waals surface area contributed by atoms with Crippen molar-refractivity contribution < 1.29 is 0 Å². The second kappa shape index (κ2) is 6.59. The highest BCUT2D eigenvalue weighted by molar-refractivity contribution is 5.11. The second-order valence-electron chi connectivity index (χ2n) is 3.71. The van der Waals surface area contributed by atoms with Gasteiger partial charge in [0.05, 0.1) is 11.4 Å². The maximum atomic E-state index is 4.24. The lowest BCUT2D eigenvalue weighted by molar-refractivity contribution is 0.564. The first-order chi connectivity index (χ1) is 7.42. The Morgan fingerprint density at radius 2 is 1.73 bits per heavy atom. The van der Waals surface area contributed by atoms with E-state index in [2.05, 4.69) is 21.9 Å². The molecule has 1 aliphatic rings. The van der Waals surface area contributed by atoms with E-state index in [1.54, 1.807) is 0 Å². The summed E-state index contributed by atoms with van der Waals surface area (Å²) in [6.45, 7) is 7.09. The highest BCUT2D eigenvalue weighted by Crippen LogP contribution is 2.17. The Kier molecular flexibility index (Phi) is 5.37. The molecule has 1 aromatic heterocycles. The Hall–Kier alpha value is -0.860. The molecule has 1 heterocycles. The predicted octanol–water partition coefficient (Wildman–Crippen LogP) is 2.98. The zero-order chi connectivity index (χ0) is 11.1. The normalized spacial score (nSPS) is 15.7. The topological polar surface area (TPSA) is 30.7 Å². The maximum absolute atomic E-state index is 4.24. The highest BCUT2D eigenvalue weighted by atomic mass is 15.4. The molecule has 0 spiro atoms. The van der Waals surface area contributed by atoms with Gasteiger partial charge in [0.2, 0.25) is 0 Å². The fraction of sp³-hybridized carbons (Fsp3) is 0.833. The molecule has 0 saturated heterocycles. The summed E-state index contributed by atoms with van der Waals surface area (Å²) in [7, 11) is 0. The van der Waals surface area contributed by atoms with E-state index in [-0.39, 0.29) is 0 Å². The van der Waals surface area contributed by atoms with Crippen LogP contribution in [0.4, 0.5) is 0 Å². The summed E-state index contributed by atoms with van der Waals surface area (Å²) in [5.41, 5.74) is 2.64. The van der Waals surface area contributed by atoms with Gasteiger partial charge in [0.25, 0.3) is 0 Å². The summed E-state index contributed by atoms with van der Waals surface area (Å²) < 4.78 is 2.06. The number of aromatic nitrogens is 3. The summed E-state index contributed by atoms with van der Waals surface area (Å²) in [4.78, 5) is 0. The Bertz CT molecular complexity index is 278. The Labute approximate surface area is 92.9 Å². The fourth-order valence-electron chi connectivity index (χ4n) is 2.03. The molecule has 2 rings (SSSR count). The van der Waals surface area contributed by atoms with Gasteiger partial charge in [0.1, 0.15) is 0 Å². The molecule has 0 aliphatic heterocycles. The van der Waals surface area contributed by atoms with E-state index >= 15 is 0 Å². The summed E-state index contributed by atoms with van der Waals surface area (Å²) >= 11 is 0. The van der Waals surface area contributed by atoms with Crippen molar-refractivity contribution in [2.24, 2.45) is 0 Å². The fourth-order valence-corrected chi connectivity index (χ4v) is 2.03. The zero-order valence-corrected chi connectivity index (χ0v) is 10.3. The number of hydrogen-bond acceptors (Lipinski definition) is 2. The molecule has 0 atom stereocenters. The van der Waals surface area contributed by atoms with Crippen molar-refractivity contribution in [1.82, 2.24) is 15.0 Å². The lowest BCUT2D eigenvalue weighted by Crippen LogP contribution is -2.06. The van der Waals surface area contributed by atoms with Crippen LogP contribution in [0.5, 0.6) is 0 Å². The highest BCUT2D eigenvalue weighted by Gasteiger charge is 2.13. The molecule has 0 radical (unpaired) electrons. The standard InChI is InChI=1S/C10H17N3.C2H6/c1-2-13-10-8-6-4-3-5-7-9(10)11-12-13;1-2/h2-8H2,1H3;1-2H3. The third-order valence-electron chi connectivity index (χ3n) is 2.79. The van der Waals surface area contributed by atoms with Crippen molar-refractivity contribution in [1.29, 1.82) is 0 Å². The minimum atomic E-state index is 0.961. The minimum absolute atomic E-state index is 0.961. The van der Waals surface area contributed by atoms with Crippen molar-refractivity contribution in [3.05, 3.63) is 11.4 Å². The van der Waals surface area contributed by atoms with Crippen LogP contribution in [0.2, 0.25) is 0 Å². The van der Waals surface area contributed by atoms with E-state index in [1.165, 1.54) is 43.5 Å². The first-order valence-corrected chi connectivity index (χ1v) is 6.33. The lowest BCUT2D eigenvalue weighted by Gasteiger charge is -2.09. The second-order valence-corrected chi connectivity index (χ2v) is 3.71. The Morgan fingerprint density at radius 1 is 1.07 bits per heavy atom. The van der Waals surface area contributed by atoms with Crippen LogP contribution in [0, 0.1) is 0 Å². The number of nitrogens with zero attached hydrogens (tertiary/aromatic N) is 3. The molecular formula is C12H23N3. The molecular weight excluding hydrogens is 186 g/mol. The van der Waals surface area contributed by atoms with Crippen LogP contribution in [0.15, 0.2) is 0 Å². The van der Waals surface area contributed by atoms with Crippen molar-refractivity contribution >= 4 is 0 Å². The van der Waals surface area contributed by atoms with Gasteiger partial charge in [-0.2, -0.15) is 0 Å². The molecule has 3 heteroatoms. The molecule has 0 N–H and O–H groups in total. The van der Waals surface area contributed by atoms with Crippen molar-refractivity contribution in [3.63, 3.8) is 0 Å². The number of aryl methyl sites for hydroxylation is 2. The van der Waals surface area contributed by atoms with E-state index < -0.39 is 0 Å². The van der Waals surface area contributed by atoms with Crippen LogP contribution in [-0.4, -0.2) is 15.0 Å². The maximum Gasteiger partial charge on any atom is 0.0859 e. The SMILES string of the molecule is CC.CCn1nnc2c1CCCCCC2. The molecule has 0 unspecified atom stereocenters. The van der Waals surface area contributed by atoms with Crippen molar-refractivity contribution in [2.45, 2.75) is 65.8 Å². The van der Waals surface area contributed by atoms with Gasteiger partial charge in [-0.25, -0.2) is 4.68 Å². The lowest BCUT2D eigenvalue weighted by atomic mass is 10.0. The first-order valence-electron chi connectivity index (χ1n) is 6.33. The predicted molar refractivity (Wildman–Crippen MR) is 62.9 cm³/mol.